The Morgan fingerprint density at radius 1 is 1.00 bits per heavy atom. The van der Waals surface area contributed by atoms with E-state index in [1.165, 1.54) is 0 Å². The van der Waals surface area contributed by atoms with E-state index in [0.29, 0.717) is 17.8 Å². The first-order valence-electron chi connectivity index (χ1n) is 8.21. The lowest BCUT2D eigenvalue weighted by Gasteiger charge is -2.22. The molecule has 2 aromatic carbocycles. The lowest BCUT2D eigenvalue weighted by molar-refractivity contribution is -0.121. The van der Waals surface area contributed by atoms with Crippen molar-refractivity contribution in [2.45, 2.75) is 13.0 Å². The molecule has 3 N–H and O–H groups in total. The van der Waals surface area contributed by atoms with Crippen LogP contribution in [0.2, 0.25) is 0 Å². The topological polar surface area (TPSA) is 100 Å². The van der Waals surface area contributed by atoms with Crippen molar-refractivity contribution in [1.82, 2.24) is 10.3 Å². The molecule has 0 saturated heterocycles. The van der Waals surface area contributed by atoms with Crippen LogP contribution in [-0.4, -0.2) is 17.4 Å². The number of aromatic nitrogens is 1. The molecule has 3 aromatic rings. The number of likely N-dealkylation sites (N-methyl/N-ethyl adjacent to an activating group) is 1. The average molecular weight is 350 g/mol. The number of carbonyl (C=O) groups is 1. The van der Waals surface area contributed by atoms with E-state index in [9.17, 15) is 14.4 Å². The zero-order valence-electron chi connectivity index (χ0n) is 14.2. The summed E-state index contributed by atoms with van der Waals surface area (Å²) in [5, 5.41) is 8.57. The third-order valence-corrected chi connectivity index (χ3v) is 3.89. The van der Waals surface area contributed by atoms with Crippen molar-refractivity contribution < 1.29 is 4.79 Å². The fourth-order valence-electron chi connectivity index (χ4n) is 2.59. The molecule has 0 radical (unpaired) electrons. The van der Waals surface area contributed by atoms with E-state index < -0.39 is 16.9 Å². The van der Waals surface area contributed by atoms with Crippen LogP contribution in [0.1, 0.15) is 18.5 Å². The molecular weight excluding hydrogens is 332 g/mol. The highest BCUT2D eigenvalue weighted by atomic mass is 16.2. The summed E-state index contributed by atoms with van der Waals surface area (Å²) in [5.41, 5.74) is 0.308. The summed E-state index contributed by atoms with van der Waals surface area (Å²) in [7, 11) is 0. The highest BCUT2D eigenvalue weighted by molar-refractivity contribution is 5.89. The minimum atomic E-state index is -0.780. The Hall–Kier alpha value is -3.48. The van der Waals surface area contributed by atoms with Crippen LogP contribution >= 0.6 is 0 Å². The van der Waals surface area contributed by atoms with Crippen LogP contribution in [0.4, 0.5) is 17.1 Å². The van der Waals surface area contributed by atoms with Crippen LogP contribution in [0, 0.1) is 0 Å². The molecule has 1 aromatic heterocycles. The average Bonchev–Trinajstić information content (AvgIpc) is 2.68. The number of pyridine rings is 1. The second-order valence-corrected chi connectivity index (χ2v) is 5.65. The number of nitrogens with zero attached hydrogens (tertiary/aromatic N) is 1. The molecule has 0 saturated carbocycles. The number of amides is 1. The molecule has 1 amide bonds. The lowest BCUT2D eigenvalue weighted by atomic mass is 10.0. The number of benzene rings is 1. The van der Waals surface area contributed by atoms with Gasteiger partial charge in [-0.25, -0.2) is 0 Å². The molecule has 1 heterocycles. The Balaban J connectivity index is 1.90. The monoisotopic (exact) mass is 350 g/mol. The SMILES string of the molecule is CCNC(=O)C(Nc1c(Nc2ccncc2)c(=O)c1=O)c1ccccc1. The molecule has 0 bridgehead atoms. The Morgan fingerprint density at radius 3 is 2.31 bits per heavy atom. The van der Waals surface area contributed by atoms with Gasteiger partial charge in [0.15, 0.2) is 0 Å². The van der Waals surface area contributed by atoms with Crippen molar-refractivity contribution in [3.05, 3.63) is 80.9 Å². The minimum absolute atomic E-state index is 0.104. The molecule has 132 valence electrons. The van der Waals surface area contributed by atoms with Crippen LogP contribution < -0.4 is 26.8 Å². The van der Waals surface area contributed by atoms with E-state index >= 15 is 0 Å². The van der Waals surface area contributed by atoms with Crippen molar-refractivity contribution in [2.75, 3.05) is 17.2 Å². The molecule has 7 nitrogen and oxygen atoms in total. The first kappa shape index (κ1) is 17.3. The summed E-state index contributed by atoms with van der Waals surface area (Å²) < 4.78 is 0. The summed E-state index contributed by atoms with van der Waals surface area (Å²) in [6.45, 7) is 2.27. The maximum atomic E-state index is 12.5. The largest absolute Gasteiger partial charge is 0.365 e. The molecular formula is C19H18N4O3. The van der Waals surface area contributed by atoms with Crippen LogP contribution in [0.5, 0.6) is 0 Å². The minimum Gasteiger partial charge on any atom is -0.365 e. The predicted molar refractivity (Wildman–Crippen MR) is 100 cm³/mol. The van der Waals surface area contributed by atoms with Crippen LogP contribution in [0.25, 0.3) is 0 Å². The maximum absolute atomic E-state index is 12.5. The molecule has 0 spiro atoms. The van der Waals surface area contributed by atoms with Crippen LogP contribution in [0.15, 0.2) is 64.4 Å². The molecule has 0 aliphatic rings. The number of carbonyl (C=O) groups excluding carboxylic acids is 1. The van der Waals surface area contributed by atoms with E-state index in [1.54, 1.807) is 36.7 Å². The van der Waals surface area contributed by atoms with Gasteiger partial charge in [-0.2, -0.15) is 0 Å². The van der Waals surface area contributed by atoms with Crippen molar-refractivity contribution in [3.8, 4) is 0 Å². The van der Waals surface area contributed by atoms with E-state index in [-0.39, 0.29) is 17.3 Å². The van der Waals surface area contributed by atoms with E-state index in [0.717, 1.165) is 0 Å². The van der Waals surface area contributed by atoms with Gasteiger partial charge in [0.1, 0.15) is 17.4 Å². The Kier molecular flexibility index (Phi) is 5.07. The number of hydrogen-bond donors (Lipinski definition) is 3. The van der Waals surface area contributed by atoms with Gasteiger partial charge in [-0.3, -0.25) is 19.4 Å². The molecule has 1 unspecified atom stereocenters. The van der Waals surface area contributed by atoms with Crippen molar-refractivity contribution in [3.63, 3.8) is 0 Å². The fraction of sp³-hybridized carbons (Fsp3) is 0.158. The highest BCUT2D eigenvalue weighted by Crippen LogP contribution is 2.25. The van der Waals surface area contributed by atoms with Gasteiger partial charge in [0.25, 0.3) is 10.9 Å². The van der Waals surface area contributed by atoms with Crippen LogP contribution in [-0.2, 0) is 4.79 Å². The zero-order chi connectivity index (χ0) is 18.5. The quantitative estimate of drug-likeness (QED) is 0.561. The second-order valence-electron chi connectivity index (χ2n) is 5.65. The molecule has 26 heavy (non-hydrogen) atoms. The Labute approximate surface area is 149 Å². The summed E-state index contributed by atoms with van der Waals surface area (Å²) in [6.07, 6.45) is 3.14. The van der Waals surface area contributed by atoms with Gasteiger partial charge in [-0.15, -0.1) is 0 Å². The van der Waals surface area contributed by atoms with E-state index in [4.69, 9.17) is 0 Å². The van der Waals surface area contributed by atoms with Gasteiger partial charge in [-0.1, -0.05) is 30.3 Å². The van der Waals surface area contributed by atoms with Gasteiger partial charge < -0.3 is 16.0 Å². The van der Waals surface area contributed by atoms with Gasteiger partial charge in [0, 0.05) is 24.6 Å². The summed E-state index contributed by atoms with van der Waals surface area (Å²) in [5.74, 6) is -0.276. The van der Waals surface area contributed by atoms with Crippen LogP contribution in [0.3, 0.4) is 0 Å². The zero-order valence-corrected chi connectivity index (χ0v) is 14.2. The van der Waals surface area contributed by atoms with Crippen molar-refractivity contribution >= 4 is 23.0 Å². The molecule has 0 aliphatic carbocycles. The lowest BCUT2D eigenvalue weighted by Crippen LogP contribution is -2.41. The fourth-order valence-corrected chi connectivity index (χ4v) is 2.59. The first-order valence-corrected chi connectivity index (χ1v) is 8.21. The third kappa shape index (κ3) is 3.46. The number of rotatable bonds is 7. The van der Waals surface area contributed by atoms with Gasteiger partial charge in [0.05, 0.1) is 0 Å². The second kappa shape index (κ2) is 7.60. The van der Waals surface area contributed by atoms with E-state index in [1.807, 2.05) is 25.1 Å². The molecule has 0 fully saturated rings. The highest BCUT2D eigenvalue weighted by Gasteiger charge is 2.27. The molecule has 7 heteroatoms. The third-order valence-electron chi connectivity index (χ3n) is 3.89. The van der Waals surface area contributed by atoms with Gasteiger partial charge in [-0.05, 0) is 24.6 Å². The van der Waals surface area contributed by atoms with Crippen molar-refractivity contribution in [2.24, 2.45) is 0 Å². The Bertz CT molecular complexity index is 964. The summed E-state index contributed by atoms with van der Waals surface area (Å²) in [6, 6.07) is 11.6. The van der Waals surface area contributed by atoms with Gasteiger partial charge >= 0.3 is 0 Å². The Morgan fingerprint density at radius 2 is 1.65 bits per heavy atom. The summed E-state index contributed by atoms with van der Waals surface area (Å²) in [4.78, 5) is 40.4. The van der Waals surface area contributed by atoms with E-state index in [2.05, 4.69) is 20.9 Å². The standard InChI is InChI=1S/C19H18N4O3/c1-2-21-19(26)14(12-6-4-3-5-7-12)23-16-15(17(24)18(16)25)22-13-8-10-20-11-9-13/h3-11,14,23H,2H2,1H3,(H,20,22)(H,21,26). The number of nitrogens with one attached hydrogen (secondary N) is 3. The van der Waals surface area contributed by atoms with Gasteiger partial charge in [0.2, 0.25) is 5.91 Å². The smallest absolute Gasteiger partial charge is 0.253 e. The molecule has 0 aliphatic heterocycles. The first-order chi connectivity index (χ1) is 12.6. The van der Waals surface area contributed by atoms with Crippen molar-refractivity contribution in [1.29, 1.82) is 0 Å². The maximum Gasteiger partial charge on any atom is 0.253 e. The predicted octanol–water partition coefficient (Wildman–Crippen LogP) is 1.71. The summed E-state index contributed by atoms with van der Waals surface area (Å²) >= 11 is 0. The number of anilines is 3. The number of hydrogen-bond acceptors (Lipinski definition) is 6. The normalized spacial score (nSPS) is 11.7. The molecule has 1 atom stereocenters. The molecule has 3 rings (SSSR count).